The van der Waals surface area contributed by atoms with Crippen molar-refractivity contribution >= 4 is 21.9 Å². The molecule has 0 aromatic heterocycles. The van der Waals surface area contributed by atoms with Gasteiger partial charge < -0.3 is 10.0 Å². The molecule has 1 aromatic rings. The summed E-state index contributed by atoms with van der Waals surface area (Å²) in [5, 5.41) is 9.06. The third kappa shape index (κ3) is 4.81. The molecule has 1 aliphatic rings. The van der Waals surface area contributed by atoms with Crippen molar-refractivity contribution in [3.8, 4) is 12.3 Å². The van der Waals surface area contributed by atoms with E-state index in [0.717, 1.165) is 12.8 Å². The number of carbonyl (C=O) groups is 2. The molecule has 1 saturated carbocycles. The van der Waals surface area contributed by atoms with Gasteiger partial charge in [-0.25, -0.2) is 8.42 Å². The molecule has 0 saturated heterocycles. The lowest BCUT2D eigenvalue weighted by Gasteiger charge is -2.24. The Kier molecular flexibility index (Phi) is 5.82. The highest BCUT2D eigenvalue weighted by Crippen LogP contribution is 2.29. The molecule has 1 amide bonds. The molecule has 25 heavy (non-hydrogen) atoms. The number of nitrogens with zero attached hydrogens (tertiary/aromatic N) is 1. The zero-order valence-electron chi connectivity index (χ0n) is 13.8. The van der Waals surface area contributed by atoms with Gasteiger partial charge in [-0.2, -0.15) is 4.72 Å². The van der Waals surface area contributed by atoms with Crippen LogP contribution in [-0.2, 0) is 14.8 Å². The van der Waals surface area contributed by atoms with Crippen LogP contribution in [0.4, 0.5) is 0 Å². The standard InChI is InChI=1S/C17H20N2O5S/c1-3-10-18-25(23,24)15-8-4-13(5-9-15)16(20)19(14-6-7-14)11-12(2)17(21)22/h1,4-5,8-9,12,14,18H,6-7,10-11H2,2H3,(H,21,22). The van der Waals surface area contributed by atoms with Gasteiger partial charge in [0.25, 0.3) is 5.91 Å². The van der Waals surface area contributed by atoms with Gasteiger partial charge in [-0.05, 0) is 37.1 Å². The Morgan fingerprint density at radius 2 is 1.96 bits per heavy atom. The fourth-order valence-corrected chi connectivity index (χ4v) is 3.25. The van der Waals surface area contributed by atoms with E-state index in [0.29, 0.717) is 5.56 Å². The van der Waals surface area contributed by atoms with Crippen LogP contribution < -0.4 is 4.72 Å². The Morgan fingerprint density at radius 3 is 2.44 bits per heavy atom. The Balaban J connectivity index is 2.16. The number of terminal acetylenes is 1. The highest BCUT2D eigenvalue weighted by molar-refractivity contribution is 7.89. The van der Waals surface area contributed by atoms with Gasteiger partial charge in [0.15, 0.2) is 0 Å². The predicted octanol–water partition coefficient (Wildman–Crippen LogP) is 0.923. The van der Waals surface area contributed by atoms with Gasteiger partial charge in [-0.1, -0.05) is 12.8 Å². The molecule has 1 aromatic carbocycles. The maximum Gasteiger partial charge on any atom is 0.308 e. The topological polar surface area (TPSA) is 104 Å². The third-order valence-corrected chi connectivity index (χ3v) is 5.33. The quantitative estimate of drug-likeness (QED) is 0.668. The average molecular weight is 364 g/mol. The monoisotopic (exact) mass is 364 g/mol. The maximum atomic E-state index is 12.7. The molecule has 134 valence electrons. The van der Waals surface area contributed by atoms with Gasteiger partial charge in [0, 0.05) is 18.2 Å². The van der Waals surface area contributed by atoms with Crippen LogP contribution in [0.5, 0.6) is 0 Å². The van der Waals surface area contributed by atoms with Crippen molar-refractivity contribution in [3.05, 3.63) is 29.8 Å². The van der Waals surface area contributed by atoms with Crippen molar-refractivity contribution in [2.24, 2.45) is 5.92 Å². The summed E-state index contributed by atoms with van der Waals surface area (Å²) in [5.74, 6) is 0.262. The number of hydrogen-bond donors (Lipinski definition) is 2. The lowest BCUT2D eigenvalue weighted by molar-refractivity contribution is -0.141. The second kappa shape index (κ2) is 7.68. The number of benzene rings is 1. The summed E-state index contributed by atoms with van der Waals surface area (Å²) < 4.78 is 26.2. The van der Waals surface area contributed by atoms with Gasteiger partial charge in [-0.3, -0.25) is 9.59 Å². The number of aliphatic carboxylic acids is 1. The molecule has 1 atom stereocenters. The fraction of sp³-hybridized carbons (Fsp3) is 0.412. The zero-order chi connectivity index (χ0) is 18.6. The first-order valence-corrected chi connectivity index (χ1v) is 9.31. The van der Waals surface area contributed by atoms with E-state index in [1.807, 2.05) is 0 Å². The van der Waals surface area contributed by atoms with Crippen LogP contribution >= 0.6 is 0 Å². The molecular formula is C17H20N2O5S. The van der Waals surface area contributed by atoms with Gasteiger partial charge in [0.2, 0.25) is 10.0 Å². The number of sulfonamides is 1. The van der Waals surface area contributed by atoms with E-state index < -0.39 is 21.9 Å². The number of amides is 1. The molecule has 0 aliphatic heterocycles. The summed E-state index contributed by atoms with van der Waals surface area (Å²) in [6.07, 6.45) is 6.73. The minimum Gasteiger partial charge on any atom is -0.481 e. The van der Waals surface area contributed by atoms with Gasteiger partial charge in [-0.15, -0.1) is 6.42 Å². The van der Waals surface area contributed by atoms with E-state index in [4.69, 9.17) is 11.5 Å². The SMILES string of the molecule is C#CCNS(=O)(=O)c1ccc(C(=O)N(CC(C)C(=O)O)C2CC2)cc1. The maximum absolute atomic E-state index is 12.7. The number of hydrogen-bond acceptors (Lipinski definition) is 4. The predicted molar refractivity (Wildman–Crippen MR) is 91.3 cm³/mol. The lowest BCUT2D eigenvalue weighted by atomic mass is 10.1. The second-order valence-corrected chi connectivity index (χ2v) is 7.75. The van der Waals surface area contributed by atoms with Crippen LogP contribution in [0.2, 0.25) is 0 Å². The van der Waals surface area contributed by atoms with Crippen molar-refractivity contribution in [1.82, 2.24) is 9.62 Å². The van der Waals surface area contributed by atoms with E-state index in [1.54, 1.807) is 11.8 Å². The summed E-state index contributed by atoms with van der Waals surface area (Å²) in [5.41, 5.74) is 0.320. The molecule has 1 fully saturated rings. The molecule has 2 N–H and O–H groups in total. The van der Waals surface area contributed by atoms with E-state index in [9.17, 15) is 18.0 Å². The summed E-state index contributed by atoms with van der Waals surface area (Å²) >= 11 is 0. The van der Waals surface area contributed by atoms with Crippen LogP contribution in [0.25, 0.3) is 0 Å². The summed E-state index contributed by atoms with van der Waals surface area (Å²) in [4.78, 5) is 25.3. The molecule has 0 spiro atoms. The second-order valence-electron chi connectivity index (χ2n) is 5.98. The number of carbonyl (C=O) groups excluding carboxylic acids is 1. The molecule has 0 radical (unpaired) electrons. The largest absolute Gasteiger partial charge is 0.481 e. The van der Waals surface area contributed by atoms with Gasteiger partial charge >= 0.3 is 5.97 Å². The third-order valence-electron chi connectivity index (χ3n) is 3.92. The molecule has 2 rings (SSSR count). The number of rotatable bonds is 8. The Morgan fingerprint density at radius 1 is 1.36 bits per heavy atom. The van der Waals surface area contributed by atoms with Crippen molar-refractivity contribution in [2.45, 2.75) is 30.7 Å². The normalized spacial score (nSPS) is 15.2. The highest BCUT2D eigenvalue weighted by atomic mass is 32.2. The van der Waals surface area contributed by atoms with Crippen molar-refractivity contribution in [1.29, 1.82) is 0 Å². The first-order chi connectivity index (χ1) is 11.8. The minimum atomic E-state index is -3.71. The summed E-state index contributed by atoms with van der Waals surface area (Å²) in [6.45, 7) is 1.56. The fourth-order valence-electron chi connectivity index (χ4n) is 2.32. The van der Waals surface area contributed by atoms with Crippen molar-refractivity contribution in [3.63, 3.8) is 0 Å². The zero-order valence-corrected chi connectivity index (χ0v) is 14.6. The van der Waals surface area contributed by atoms with Crippen LogP contribution in [-0.4, -0.2) is 49.4 Å². The molecular weight excluding hydrogens is 344 g/mol. The molecule has 1 aliphatic carbocycles. The Bertz CT molecular complexity index is 791. The van der Waals surface area contributed by atoms with Crippen molar-refractivity contribution in [2.75, 3.05) is 13.1 Å². The highest BCUT2D eigenvalue weighted by Gasteiger charge is 2.35. The first kappa shape index (κ1) is 19.0. The van der Waals surface area contributed by atoms with Gasteiger partial charge in [0.05, 0.1) is 17.4 Å². The summed E-state index contributed by atoms with van der Waals surface area (Å²) in [7, 11) is -3.71. The Hall–Kier alpha value is -2.37. The number of carboxylic acid groups (broad SMARTS) is 1. The van der Waals surface area contributed by atoms with Gasteiger partial charge in [0.1, 0.15) is 0 Å². The molecule has 8 heteroatoms. The molecule has 7 nitrogen and oxygen atoms in total. The van der Waals surface area contributed by atoms with E-state index in [2.05, 4.69) is 10.6 Å². The van der Waals surface area contributed by atoms with Crippen LogP contribution in [0.1, 0.15) is 30.1 Å². The van der Waals surface area contributed by atoms with E-state index in [-0.39, 0.29) is 29.9 Å². The summed E-state index contributed by atoms with van der Waals surface area (Å²) in [6, 6.07) is 5.56. The van der Waals surface area contributed by atoms with E-state index in [1.165, 1.54) is 24.3 Å². The minimum absolute atomic E-state index is 0.0103. The lowest BCUT2D eigenvalue weighted by Crippen LogP contribution is -2.38. The van der Waals surface area contributed by atoms with Crippen LogP contribution in [0.15, 0.2) is 29.2 Å². The average Bonchev–Trinajstić information content (AvgIpc) is 3.42. The number of carboxylic acids is 1. The number of nitrogens with one attached hydrogen (secondary N) is 1. The van der Waals surface area contributed by atoms with Crippen LogP contribution in [0.3, 0.4) is 0 Å². The molecule has 1 unspecified atom stereocenters. The Labute approximate surface area is 147 Å². The first-order valence-electron chi connectivity index (χ1n) is 7.83. The molecule has 0 heterocycles. The van der Waals surface area contributed by atoms with E-state index >= 15 is 0 Å². The molecule has 0 bridgehead atoms. The smallest absolute Gasteiger partial charge is 0.308 e. The van der Waals surface area contributed by atoms with Crippen LogP contribution in [0, 0.1) is 18.3 Å². The van der Waals surface area contributed by atoms with Crippen molar-refractivity contribution < 1.29 is 23.1 Å².